The number of carbonyl (C=O) groups excluding carboxylic acids is 1. The standard InChI is InChI=1S/C16H25N3O/c1-3-18(4-2)15-8-9-19(12-15)16(20)14-7-5-6-13(10-14)11-17/h5-7,10,15H,3-4,8-9,11-12,17H2,1-2H3. The van der Waals surface area contributed by atoms with E-state index in [1.807, 2.05) is 29.2 Å². The Labute approximate surface area is 121 Å². The topological polar surface area (TPSA) is 49.6 Å². The maximum Gasteiger partial charge on any atom is 0.253 e. The number of hydrogen-bond acceptors (Lipinski definition) is 3. The molecule has 1 saturated heterocycles. The first kappa shape index (κ1) is 15.0. The van der Waals surface area contributed by atoms with Gasteiger partial charge in [0.15, 0.2) is 0 Å². The van der Waals surface area contributed by atoms with Crippen LogP contribution in [0.5, 0.6) is 0 Å². The zero-order chi connectivity index (χ0) is 14.5. The third-order valence-electron chi connectivity index (χ3n) is 4.19. The summed E-state index contributed by atoms with van der Waals surface area (Å²) in [5, 5.41) is 0. The fourth-order valence-corrected chi connectivity index (χ4v) is 2.98. The van der Waals surface area contributed by atoms with Crippen molar-refractivity contribution >= 4 is 5.91 Å². The molecule has 1 aliphatic rings. The van der Waals surface area contributed by atoms with Crippen molar-refractivity contribution in [2.45, 2.75) is 32.9 Å². The molecule has 0 saturated carbocycles. The second-order valence-electron chi connectivity index (χ2n) is 5.32. The first-order chi connectivity index (χ1) is 9.69. The van der Waals surface area contributed by atoms with Gasteiger partial charge in [-0.25, -0.2) is 0 Å². The molecule has 4 heteroatoms. The van der Waals surface area contributed by atoms with Crippen LogP contribution in [-0.4, -0.2) is 47.9 Å². The molecule has 0 aliphatic carbocycles. The maximum absolute atomic E-state index is 12.5. The average molecular weight is 275 g/mol. The Morgan fingerprint density at radius 2 is 2.15 bits per heavy atom. The first-order valence-corrected chi connectivity index (χ1v) is 7.51. The van der Waals surface area contributed by atoms with Crippen LogP contribution in [0.15, 0.2) is 24.3 Å². The van der Waals surface area contributed by atoms with Crippen LogP contribution in [0.4, 0.5) is 0 Å². The highest BCUT2D eigenvalue weighted by Crippen LogP contribution is 2.18. The van der Waals surface area contributed by atoms with Gasteiger partial charge in [0.25, 0.3) is 5.91 Å². The number of nitrogens with zero attached hydrogens (tertiary/aromatic N) is 2. The van der Waals surface area contributed by atoms with Crippen molar-refractivity contribution < 1.29 is 4.79 Å². The summed E-state index contributed by atoms with van der Waals surface area (Å²) >= 11 is 0. The van der Waals surface area contributed by atoms with Gasteiger partial charge in [-0.05, 0) is 37.2 Å². The van der Waals surface area contributed by atoms with E-state index in [0.29, 0.717) is 12.6 Å². The largest absolute Gasteiger partial charge is 0.337 e. The van der Waals surface area contributed by atoms with Gasteiger partial charge in [0.2, 0.25) is 0 Å². The van der Waals surface area contributed by atoms with Crippen molar-refractivity contribution in [3.05, 3.63) is 35.4 Å². The summed E-state index contributed by atoms with van der Waals surface area (Å²) in [4.78, 5) is 16.9. The molecular weight excluding hydrogens is 250 g/mol. The van der Waals surface area contributed by atoms with Gasteiger partial charge < -0.3 is 10.6 Å². The molecule has 0 radical (unpaired) electrons. The number of likely N-dealkylation sites (tertiary alicyclic amines) is 1. The predicted molar refractivity (Wildman–Crippen MR) is 81.6 cm³/mol. The summed E-state index contributed by atoms with van der Waals surface area (Å²) in [6, 6.07) is 8.17. The third-order valence-corrected chi connectivity index (χ3v) is 4.19. The second kappa shape index (κ2) is 6.86. The number of benzene rings is 1. The van der Waals surface area contributed by atoms with Gasteiger partial charge in [0.05, 0.1) is 0 Å². The second-order valence-corrected chi connectivity index (χ2v) is 5.32. The number of amides is 1. The van der Waals surface area contributed by atoms with Crippen LogP contribution in [-0.2, 0) is 6.54 Å². The molecule has 1 unspecified atom stereocenters. The molecule has 1 amide bonds. The van der Waals surface area contributed by atoms with Gasteiger partial charge in [-0.15, -0.1) is 0 Å². The molecule has 1 atom stereocenters. The zero-order valence-electron chi connectivity index (χ0n) is 12.5. The van der Waals surface area contributed by atoms with E-state index in [1.54, 1.807) is 0 Å². The van der Waals surface area contributed by atoms with Crippen LogP contribution in [0, 0.1) is 0 Å². The van der Waals surface area contributed by atoms with E-state index >= 15 is 0 Å². The Kier molecular flexibility index (Phi) is 5.15. The summed E-state index contributed by atoms with van der Waals surface area (Å²) in [6.07, 6.45) is 1.07. The summed E-state index contributed by atoms with van der Waals surface area (Å²) in [7, 11) is 0. The molecule has 1 aliphatic heterocycles. The molecule has 0 aromatic heterocycles. The van der Waals surface area contributed by atoms with E-state index in [2.05, 4.69) is 18.7 Å². The highest BCUT2D eigenvalue weighted by atomic mass is 16.2. The van der Waals surface area contributed by atoms with Crippen LogP contribution >= 0.6 is 0 Å². The molecule has 1 heterocycles. The van der Waals surface area contributed by atoms with Crippen LogP contribution < -0.4 is 5.73 Å². The molecular formula is C16H25N3O. The minimum absolute atomic E-state index is 0.134. The third kappa shape index (κ3) is 3.19. The van der Waals surface area contributed by atoms with E-state index in [9.17, 15) is 4.79 Å². The van der Waals surface area contributed by atoms with Crippen LogP contribution in [0.25, 0.3) is 0 Å². The molecule has 20 heavy (non-hydrogen) atoms. The van der Waals surface area contributed by atoms with Crippen molar-refractivity contribution in [3.8, 4) is 0 Å². The minimum Gasteiger partial charge on any atom is -0.337 e. The number of rotatable bonds is 5. The lowest BCUT2D eigenvalue weighted by molar-refractivity contribution is 0.0778. The van der Waals surface area contributed by atoms with E-state index in [1.165, 1.54) is 0 Å². The van der Waals surface area contributed by atoms with Crippen LogP contribution in [0.3, 0.4) is 0 Å². The van der Waals surface area contributed by atoms with Crippen LogP contribution in [0.1, 0.15) is 36.2 Å². The molecule has 110 valence electrons. The molecule has 0 bridgehead atoms. The maximum atomic E-state index is 12.5. The molecule has 1 fully saturated rings. The summed E-state index contributed by atoms with van der Waals surface area (Å²) in [5.41, 5.74) is 7.41. The van der Waals surface area contributed by atoms with Gasteiger partial charge in [-0.1, -0.05) is 26.0 Å². The van der Waals surface area contributed by atoms with E-state index in [4.69, 9.17) is 5.73 Å². The molecule has 4 nitrogen and oxygen atoms in total. The zero-order valence-corrected chi connectivity index (χ0v) is 12.5. The monoisotopic (exact) mass is 275 g/mol. The quantitative estimate of drug-likeness (QED) is 0.890. The average Bonchev–Trinajstić information content (AvgIpc) is 2.97. The molecule has 2 rings (SSSR count). The highest BCUT2D eigenvalue weighted by Gasteiger charge is 2.29. The van der Waals surface area contributed by atoms with Crippen molar-refractivity contribution in [2.24, 2.45) is 5.73 Å². The fraction of sp³-hybridized carbons (Fsp3) is 0.562. The summed E-state index contributed by atoms with van der Waals surface area (Å²) in [5.74, 6) is 0.134. The molecule has 1 aromatic rings. The van der Waals surface area contributed by atoms with E-state index in [-0.39, 0.29) is 5.91 Å². The Bertz CT molecular complexity index is 457. The predicted octanol–water partition coefficient (Wildman–Crippen LogP) is 1.70. The first-order valence-electron chi connectivity index (χ1n) is 7.51. The van der Waals surface area contributed by atoms with Crippen LogP contribution in [0.2, 0.25) is 0 Å². The highest BCUT2D eigenvalue weighted by molar-refractivity contribution is 5.94. The Morgan fingerprint density at radius 3 is 2.80 bits per heavy atom. The Balaban J connectivity index is 2.03. The van der Waals surface area contributed by atoms with Crippen molar-refractivity contribution in [1.82, 2.24) is 9.80 Å². The number of carbonyl (C=O) groups is 1. The minimum atomic E-state index is 0.134. The van der Waals surface area contributed by atoms with Gasteiger partial charge in [-0.2, -0.15) is 0 Å². The summed E-state index contributed by atoms with van der Waals surface area (Å²) < 4.78 is 0. The fourth-order valence-electron chi connectivity index (χ4n) is 2.98. The Hall–Kier alpha value is -1.39. The number of nitrogens with two attached hydrogens (primary N) is 1. The van der Waals surface area contributed by atoms with Gasteiger partial charge in [-0.3, -0.25) is 9.69 Å². The smallest absolute Gasteiger partial charge is 0.253 e. The van der Waals surface area contributed by atoms with Gasteiger partial charge in [0.1, 0.15) is 0 Å². The lowest BCUT2D eigenvalue weighted by Gasteiger charge is -2.26. The molecule has 0 spiro atoms. The van der Waals surface area contributed by atoms with Gasteiger partial charge in [0, 0.05) is 31.2 Å². The number of hydrogen-bond donors (Lipinski definition) is 1. The lowest BCUT2D eigenvalue weighted by atomic mass is 10.1. The van der Waals surface area contributed by atoms with Crippen molar-refractivity contribution in [3.63, 3.8) is 0 Å². The summed E-state index contributed by atoms with van der Waals surface area (Å²) in [6.45, 7) is 8.62. The lowest BCUT2D eigenvalue weighted by Crippen LogP contribution is -2.38. The van der Waals surface area contributed by atoms with Gasteiger partial charge >= 0.3 is 0 Å². The molecule has 1 aromatic carbocycles. The number of likely N-dealkylation sites (N-methyl/N-ethyl adjacent to an activating group) is 1. The van der Waals surface area contributed by atoms with Crippen molar-refractivity contribution in [2.75, 3.05) is 26.2 Å². The SMILES string of the molecule is CCN(CC)C1CCN(C(=O)c2cccc(CN)c2)C1. The normalized spacial score (nSPS) is 18.8. The Morgan fingerprint density at radius 1 is 1.40 bits per heavy atom. The molecule has 2 N–H and O–H groups in total. The van der Waals surface area contributed by atoms with E-state index < -0.39 is 0 Å². The van der Waals surface area contributed by atoms with Crippen molar-refractivity contribution in [1.29, 1.82) is 0 Å². The van der Waals surface area contributed by atoms with E-state index in [0.717, 1.165) is 43.7 Å².